The van der Waals surface area contributed by atoms with E-state index in [1.54, 1.807) is 12.0 Å². The molecule has 2 amide bonds. The maximum absolute atomic E-state index is 12.4. The fraction of sp³-hybridized carbons (Fsp3) is 0.600. The summed E-state index contributed by atoms with van der Waals surface area (Å²) in [7, 11) is 1.63. The summed E-state index contributed by atoms with van der Waals surface area (Å²) in [6.07, 6.45) is 1.22. The van der Waals surface area contributed by atoms with Gasteiger partial charge in [0.05, 0.1) is 26.2 Å². The van der Waals surface area contributed by atoms with Crippen LogP contribution >= 0.6 is 0 Å². The van der Waals surface area contributed by atoms with Crippen LogP contribution in [0.25, 0.3) is 0 Å². The van der Waals surface area contributed by atoms with E-state index in [2.05, 4.69) is 10.2 Å². The average molecular weight is 375 g/mol. The van der Waals surface area contributed by atoms with E-state index in [9.17, 15) is 9.59 Å². The molecule has 1 aromatic carbocycles. The summed E-state index contributed by atoms with van der Waals surface area (Å²) in [6, 6.07) is 7.67. The van der Waals surface area contributed by atoms with Crippen molar-refractivity contribution in [2.24, 2.45) is 5.92 Å². The molecule has 7 nitrogen and oxygen atoms in total. The van der Waals surface area contributed by atoms with Crippen LogP contribution in [0.15, 0.2) is 24.3 Å². The van der Waals surface area contributed by atoms with Gasteiger partial charge in [0, 0.05) is 39.1 Å². The zero-order chi connectivity index (χ0) is 19.1. The smallest absolute Gasteiger partial charge is 0.225 e. The summed E-state index contributed by atoms with van der Waals surface area (Å²) in [5.74, 6) is 0.571. The summed E-state index contributed by atoms with van der Waals surface area (Å²) in [4.78, 5) is 28.8. The van der Waals surface area contributed by atoms with Gasteiger partial charge in [-0.2, -0.15) is 0 Å². The lowest BCUT2D eigenvalue weighted by molar-refractivity contribution is -0.129. The van der Waals surface area contributed by atoms with Crippen molar-refractivity contribution >= 4 is 11.8 Å². The Morgan fingerprint density at radius 1 is 1.26 bits per heavy atom. The number of rotatable bonds is 8. The summed E-state index contributed by atoms with van der Waals surface area (Å²) < 4.78 is 10.5. The normalized spacial score (nSPS) is 20.7. The molecule has 1 aromatic rings. The van der Waals surface area contributed by atoms with E-state index in [0.717, 1.165) is 50.6 Å². The van der Waals surface area contributed by atoms with Gasteiger partial charge < -0.3 is 19.7 Å². The molecule has 2 aliphatic rings. The molecule has 0 bridgehead atoms. The Bertz CT molecular complexity index is 629. The molecule has 0 aliphatic carbocycles. The Hall–Kier alpha value is -2.12. The maximum atomic E-state index is 12.4. The van der Waals surface area contributed by atoms with E-state index >= 15 is 0 Å². The van der Waals surface area contributed by atoms with Gasteiger partial charge in [-0.25, -0.2) is 0 Å². The number of nitrogens with one attached hydrogen (secondary N) is 1. The quantitative estimate of drug-likeness (QED) is 0.683. The number of hydrogen-bond acceptors (Lipinski definition) is 5. The van der Waals surface area contributed by atoms with Crippen molar-refractivity contribution in [2.45, 2.75) is 19.4 Å². The van der Waals surface area contributed by atoms with Crippen molar-refractivity contribution in [1.82, 2.24) is 15.1 Å². The van der Waals surface area contributed by atoms with E-state index in [-0.39, 0.29) is 17.7 Å². The molecular weight excluding hydrogens is 346 g/mol. The van der Waals surface area contributed by atoms with Gasteiger partial charge in [0.2, 0.25) is 11.8 Å². The minimum absolute atomic E-state index is 0.0115. The van der Waals surface area contributed by atoms with Gasteiger partial charge in [0.25, 0.3) is 0 Å². The molecule has 0 saturated carbocycles. The standard InChI is InChI=1S/C20H29N3O4/c1-26-18-5-3-16(4-6-18)14-23-15-17(13-19(23)24)20(25)21-7-2-8-22-9-11-27-12-10-22/h3-6,17H,2,7-15H2,1H3,(H,21,25)/t17-/m0/s1. The number of benzene rings is 1. The molecule has 148 valence electrons. The van der Waals surface area contributed by atoms with Crippen molar-refractivity contribution in [1.29, 1.82) is 0 Å². The molecule has 27 heavy (non-hydrogen) atoms. The van der Waals surface area contributed by atoms with Gasteiger partial charge in [-0.1, -0.05) is 12.1 Å². The van der Waals surface area contributed by atoms with Crippen LogP contribution in [0.3, 0.4) is 0 Å². The predicted molar refractivity (Wildman–Crippen MR) is 101 cm³/mol. The molecule has 1 N–H and O–H groups in total. The first-order chi connectivity index (χ1) is 13.2. The summed E-state index contributed by atoms with van der Waals surface area (Å²) in [6.45, 7) is 6.15. The molecule has 2 aliphatic heterocycles. The first kappa shape index (κ1) is 19.6. The molecule has 3 rings (SSSR count). The number of methoxy groups -OCH3 is 1. The Kier molecular flexibility index (Phi) is 7.06. The van der Waals surface area contributed by atoms with E-state index in [1.807, 2.05) is 24.3 Å². The fourth-order valence-electron chi connectivity index (χ4n) is 3.54. The van der Waals surface area contributed by atoms with Crippen molar-refractivity contribution < 1.29 is 19.1 Å². The van der Waals surface area contributed by atoms with E-state index in [0.29, 0.717) is 26.1 Å². The Labute approximate surface area is 160 Å². The van der Waals surface area contributed by atoms with Gasteiger partial charge in [-0.3, -0.25) is 14.5 Å². The Morgan fingerprint density at radius 3 is 2.70 bits per heavy atom. The minimum atomic E-state index is -0.251. The van der Waals surface area contributed by atoms with Crippen LogP contribution in [0.2, 0.25) is 0 Å². The monoisotopic (exact) mass is 375 g/mol. The lowest BCUT2D eigenvalue weighted by atomic mass is 10.1. The number of morpholine rings is 1. The largest absolute Gasteiger partial charge is 0.497 e. The molecule has 2 fully saturated rings. The molecule has 0 unspecified atom stereocenters. The van der Waals surface area contributed by atoms with Crippen LogP contribution in [0.4, 0.5) is 0 Å². The van der Waals surface area contributed by atoms with Crippen molar-refractivity contribution in [3.8, 4) is 5.75 Å². The SMILES string of the molecule is COc1ccc(CN2C[C@@H](C(=O)NCCCN3CCOCC3)CC2=O)cc1. The van der Waals surface area contributed by atoms with Crippen molar-refractivity contribution in [2.75, 3.05) is 53.0 Å². The highest BCUT2D eigenvalue weighted by molar-refractivity contribution is 5.89. The number of ether oxygens (including phenoxy) is 2. The highest BCUT2D eigenvalue weighted by atomic mass is 16.5. The molecule has 2 saturated heterocycles. The second-order valence-electron chi connectivity index (χ2n) is 7.12. The third-order valence-corrected chi connectivity index (χ3v) is 5.17. The predicted octanol–water partition coefficient (Wildman–Crippen LogP) is 0.882. The zero-order valence-corrected chi connectivity index (χ0v) is 16.0. The lowest BCUT2D eigenvalue weighted by Gasteiger charge is -2.26. The number of hydrogen-bond donors (Lipinski definition) is 1. The highest BCUT2D eigenvalue weighted by Crippen LogP contribution is 2.21. The molecule has 1 atom stereocenters. The molecule has 2 heterocycles. The van der Waals surface area contributed by atoms with E-state index < -0.39 is 0 Å². The second-order valence-corrected chi connectivity index (χ2v) is 7.12. The Balaban J connectivity index is 1.38. The molecule has 0 spiro atoms. The summed E-state index contributed by atoms with van der Waals surface area (Å²) in [5, 5.41) is 2.99. The van der Waals surface area contributed by atoms with Crippen LogP contribution in [0.1, 0.15) is 18.4 Å². The highest BCUT2D eigenvalue weighted by Gasteiger charge is 2.34. The fourth-order valence-corrected chi connectivity index (χ4v) is 3.54. The number of nitrogens with zero attached hydrogens (tertiary/aromatic N) is 2. The zero-order valence-electron chi connectivity index (χ0n) is 16.0. The third-order valence-electron chi connectivity index (χ3n) is 5.17. The Morgan fingerprint density at radius 2 is 2.00 bits per heavy atom. The second kappa shape index (κ2) is 9.71. The number of amides is 2. The first-order valence-electron chi connectivity index (χ1n) is 9.64. The van der Waals surface area contributed by atoms with Crippen LogP contribution in [0.5, 0.6) is 5.75 Å². The summed E-state index contributed by atoms with van der Waals surface area (Å²) >= 11 is 0. The van der Waals surface area contributed by atoms with Crippen LogP contribution in [0, 0.1) is 5.92 Å². The molecule has 0 aromatic heterocycles. The molecular formula is C20H29N3O4. The summed E-state index contributed by atoms with van der Waals surface area (Å²) in [5.41, 5.74) is 1.04. The van der Waals surface area contributed by atoms with Gasteiger partial charge in [-0.15, -0.1) is 0 Å². The number of carbonyl (C=O) groups excluding carboxylic acids is 2. The van der Waals surface area contributed by atoms with Gasteiger partial charge in [0.1, 0.15) is 5.75 Å². The average Bonchev–Trinajstić information content (AvgIpc) is 3.07. The van der Waals surface area contributed by atoms with Gasteiger partial charge in [-0.05, 0) is 30.7 Å². The van der Waals surface area contributed by atoms with Crippen LogP contribution < -0.4 is 10.1 Å². The van der Waals surface area contributed by atoms with Crippen molar-refractivity contribution in [3.63, 3.8) is 0 Å². The number of likely N-dealkylation sites (tertiary alicyclic amines) is 1. The van der Waals surface area contributed by atoms with Gasteiger partial charge in [0.15, 0.2) is 0 Å². The van der Waals surface area contributed by atoms with Gasteiger partial charge >= 0.3 is 0 Å². The van der Waals surface area contributed by atoms with Crippen LogP contribution in [-0.4, -0.2) is 74.7 Å². The lowest BCUT2D eigenvalue weighted by Crippen LogP contribution is -2.39. The third kappa shape index (κ3) is 5.68. The maximum Gasteiger partial charge on any atom is 0.225 e. The van der Waals surface area contributed by atoms with E-state index in [4.69, 9.17) is 9.47 Å². The van der Waals surface area contributed by atoms with E-state index in [1.165, 1.54) is 0 Å². The topological polar surface area (TPSA) is 71.1 Å². The first-order valence-corrected chi connectivity index (χ1v) is 9.64. The molecule has 7 heteroatoms. The van der Waals surface area contributed by atoms with Crippen LogP contribution in [-0.2, 0) is 20.9 Å². The molecule has 0 radical (unpaired) electrons. The van der Waals surface area contributed by atoms with Crippen molar-refractivity contribution in [3.05, 3.63) is 29.8 Å². The number of carbonyl (C=O) groups is 2. The minimum Gasteiger partial charge on any atom is -0.497 e.